The molecule has 1 aromatic carbocycles. The molecule has 1 aromatic rings. The van der Waals surface area contributed by atoms with Crippen molar-refractivity contribution >= 4 is 11.9 Å². The Hall–Kier alpha value is -1.88. The summed E-state index contributed by atoms with van der Waals surface area (Å²) in [6, 6.07) is 6.97. The van der Waals surface area contributed by atoms with E-state index in [0.29, 0.717) is 19.5 Å². The SMILES string of the molecule is CCCC1NC(=O)N(Cc2ccc(CN)cc2)C1=O. The van der Waals surface area contributed by atoms with Gasteiger partial charge in [0.2, 0.25) is 0 Å². The second-order valence-electron chi connectivity index (χ2n) is 4.74. The van der Waals surface area contributed by atoms with Crippen LogP contribution in [0.2, 0.25) is 0 Å². The molecule has 3 amide bonds. The zero-order valence-corrected chi connectivity index (χ0v) is 11.1. The molecule has 0 bridgehead atoms. The van der Waals surface area contributed by atoms with E-state index in [1.54, 1.807) is 0 Å². The molecule has 1 unspecified atom stereocenters. The highest BCUT2D eigenvalue weighted by molar-refractivity contribution is 6.04. The Bertz CT molecular complexity index is 470. The van der Waals surface area contributed by atoms with E-state index in [-0.39, 0.29) is 18.0 Å². The van der Waals surface area contributed by atoms with Gasteiger partial charge in [0.1, 0.15) is 6.04 Å². The first kappa shape index (κ1) is 13.5. The van der Waals surface area contributed by atoms with Crippen LogP contribution in [0.15, 0.2) is 24.3 Å². The summed E-state index contributed by atoms with van der Waals surface area (Å²) in [7, 11) is 0. The van der Waals surface area contributed by atoms with Gasteiger partial charge in [-0.2, -0.15) is 0 Å². The van der Waals surface area contributed by atoms with Crippen LogP contribution in [0.5, 0.6) is 0 Å². The van der Waals surface area contributed by atoms with Gasteiger partial charge >= 0.3 is 6.03 Å². The molecule has 0 saturated carbocycles. The predicted molar refractivity (Wildman–Crippen MR) is 72.1 cm³/mol. The van der Waals surface area contributed by atoms with Gasteiger partial charge in [0, 0.05) is 6.54 Å². The van der Waals surface area contributed by atoms with Crippen LogP contribution in [0.3, 0.4) is 0 Å². The van der Waals surface area contributed by atoms with Crippen LogP contribution < -0.4 is 11.1 Å². The summed E-state index contributed by atoms with van der Waals surface area (Å²) >= 11 is 0. The Morgan fingerprint density at radius 2 is 1.84 bits per heavy atom. The number of nitrogens with two attached hydrogens (primary N) is 1. The Morgan fingerprint density at radius 3 is 2.42 bits per heavy atom. The topological polar surface area (TPSA) is 75.4 Å². The Labute approximate surface area is 112 Å². The van der Waals surface area contributed by atoms with Gasteiger partial charge in [-0.25, -0.2) is 4.79 Å². The number of hydrogen-bond donors (Lipinski definition) is 2. The maximum Gasteiger partial charge on any atom is 0.325 e. The minimum absolute atomic E-state index is 0.130. The molecule has 1 saturated heterocycles. The Balaban J connectivity index is 2.05. The maximum atomic E-state index is 12.1. The van der Waals surface area contributed by atoms with Crippen LogP contribution in [-0.2, 0) is 17.9 Å². The van der Waals surface area contributed by atoms with Crippen molar-refractivity contribution in [2.24, 2.45) is 5.73 Å². The molecule has 0 aromatic heterocycles. The average Bonchev–Trinajstić information content (AvgIpc) is 2.68. The first-order valence-electron chi connectivity index (χ1n) is 6.55. The van der Waals surface area contributed by atoms with Crippen molar-refractivity contribution in [1.29, 1.82) is 0 Å². The first-order chi connectivity index (χ1) is 9.15. The highest BCUT2D eigenvalue weighted by Gasteiger charge is 2.36. The highest BCUT2D eigenvalue weighted by Crippen LogP contribution is 2.15. The third kappa shape index (κ3) is 2.93. The zero-order chi connectivity index (χ0) is 13.8. The van der Waals surface area contributed by atoms with E-state index < -0.39 is 0 Å². The zero-order valence-electron chi connectivity index (χ0n) is 11.1. The fourth-order valence-electron chi connectivity index (χ4n) is 2.17. The molecule has 0 radical (unpaired) electrons. The first-order valence-corrected chi connectivity index (χ1v) is 6.55. The lowest BCUT2D eigenvalue weighted by molar-refractivity contribution is -0.128. The second-order valence-corrected chi connectivity index (χ2v) is 4.74. The smallest absolute Gasteiger partial charge is 0.325 e. The molecule has 5 nitrogen and oxygen atoms in total. The van der Waals surface area contributed by atoms with Crippen molar-refractivity contribution in [3.63, 3.8) is 0 Å². The fourth-order valence-corrected chi connectivity index (χ4v) is 2.17. The predicted octanol–water partition coefficient (Wildman–Crippen LogP) is 1.37. The molecule has 0 aliphatic carbocycles. The molecule has 1 aliphatic heterocycles. The monoisotopic (exact) mass is 261 g/mol. The molecule has 1 atom stereocenters. The second kappa shape index (κ2) is 5.84. The van der Waals surface area contributed by atoms with Gasteiger partial charge in [0.15, 0.2) is 0 Å². The Kier molecular flexibility index (Phi) is 4.16. The van der Waals surface area contributed by atoms with Gasteiger partial charge in [-0.15, -0.1) is 0 Å². The van der Waals surface area contributed by atoms with Gasteiger partial charge in [-0.05, 0) is 17.5 Å². The number of hydrogen-bond acceptors (Lipinski definition) is 3. The molecule has 1 heterocycles. The molecule has 0 spiro atoms. The number of nitrogens with zero attached hydrogens (tertiary/aromatic N) is 1. The number of amides is 3. The molecule has 5 heteroatoms. The van der Waals surface area contributed by atoms with Gasteiger partial charge in [-0.3, -0.25) is 9.69 Å². The van der Waals surface area contributed by atoms with Gasteiger partial charge < -0.3 is 11.1 Å². The van der Waals surface area contributed by atoms with Crippen molar-refractivity contribution in [2.45, 2.75) is 38.9 Å². The van der Waals surface area contributed by atoms with Crippen LogP contribution in [0.4, 0.5) is 4.79 Å². The normalized spacial score (nSPS) is 18.8. The van der Waals surface area contributed by atoms with Crippen LogP contribution in [-0.4, -0.2) is 22.9 Å². The number of imide groups is 1. The van der Waals surface area contributed by atoms with E-state index in [9.17, 15) is 9.59 Å². The van der Waals surface area contributed by atoms with Crippen molar-refractivity contribution in [3.8, 4) is 0 Å². The molecule has 3 N–H and O–H groups in total. The number of rotatable bonds is 5. The minimum Gasteiger partial charge on any atom is -0.326 e. The lowest BCUT2D eigenvalue weighted by atomic mass is 10.1. The van der Waals surface area contributed by atoms with E-state index in [4.69, 9.17) is 5.73 Å². The Morgan fingerprint density at radius 1 is 1.21 bits per heavy atom. The van der Waals surface area contributed by atoms with Crippen molar-refractivity contribution < 1.29 is 9.59 Å². The number of nitrogens with one attached hydrogen (secondary N) is 1. The van der Waals surface area contributed by atoms with Gasteiger partial charge in [-0.1, -0.05) is 37.6 Å². The summed E-state index contributed by atoms with van der Waals surface area (Å²) in [5.74, 6) is -0.130. The van der Waals surface area contributed by atoms with E-state index in [0.717, 1.165) is 17.5 Å². The quantitative estimate of drug-likeness (QED) is 0.786. The summed E-state index contributed by atoms with van der Waals surface area (Å²) in [5.41, 5.74) is 7.49. The van der Waals surface area contributed by atoms with Crippen molar-refractivity contribution in [1.82, 2.24) is 10.2 Å². The molecule has 102 valence electrons. The molecule has 19 heavy (non-hydrogen) atoms. The largest absolute Gasteiger partial charge is 0.326 e. The van der Waals surface area contributed by atoms with Crippen LogP contribution in [0.25, 0.3) is 0 Å². The lowest BCUT2D eigenvalue weighted by Crippen LogP contribution is -2.30. The third-order valence-corrected chi connectivity index (χ3v) is 3.28. The van der Waals surface area contributed by atoms with E-state index in [1.807, 2.05) is 31.2 Å². The summed E-state index contributed by atoms with van der Waals surface area (Å²) in [5, 5.41) is 2.71. The third-order valence-electron chi connectivity index (χ3n) is 3.28. The van der Waals surface area contributed by atoms with Crippen molar-refractivity contribution in [2.75, 3.05) is 0 Å². The van der Waals surface area contributed by atoms with Crippen LogP contribution in [0.1, 0.15) is 30.9 Å². The van der Waals surface area contributed by atoms with Gasteiger partial charge in [0.25, 0.3) is 5.91 Å². The number of carbonyl (C=O) groups excluding carboxylic acids is 2. The minimum atomic E-state index is -0.360. The number of benzene rings is 1. The number of carbonyl (C=O) groups is 2. The van der Waals surface area contributed by atoms with Crippen LogP contribution in [0, 0.1) is 0 Å². The summed E-state index contributed by atoms with van der Waals surface area (Å²) < 4.78 is 0. The molecular formula is C14H19N3O2. The van der Waals surface area contributed by atoms with E-state index in [2.05, 4.69) is 5.32 Å². The fraction of sp³-hybridized carbons (Fsp3) is 0.429. The molecule has 2 rings (SSSR count). The van der Waals surface area contributed by atoms with Crippen LogP contribution >= 0.6 is 0 Å². The van der Waals surface area contributed by atoms with E-state index in [1.165, 1.54) is 4.90 Å². The lowest BCUT2D eigenvalue weighted by Gasteiger charge is -2.13. The summed E-state index contributed by atoms with van der Waals surface area (Å²) in [4.78, 5) is 25.1. The van der Waals surface area contributed by atoms with E-state index >= 15 is 0 Å². The number of urea groups is 1. The molecule has 1 fully saturated rings. The average molecular weight is 261 g/mol. The summed E-state index contributed by atoms with van der Waals surface area (Å²) in [6.07, 6.45) is 1.56. The van der Waals surface area contributed by atoms with Crippen molar-refractivity contribution in [3.05, 3.63) is 35.4 Å². The molecular weight excluding hydrogens is 242 g/mol. The standard InChI is InChI=1S/C14H19N3O2/c1-2-3-12-13(18)17(14(19)16-12)9-11-6-4-10(8-15)5-7-11/h4-7,12H,2-3,8-9,15H2,1H3,(H,16,19). The highest BCUT2D eigenvalue weighted by atomic mass is 16.2. The summed E-state index contributed by atoms with van der Waals surface area (Å²) in [6.45, 7) is 2.80. The maximum absolute atomic E-state index is 12.1. The van der Waals surface area contributed by atoms with Gasteiger partial charge in [0.05, 0.1) is 6.54 Å². The molecule has 1 aliphatic rings.